The van der Waals surface area contributed by atoms with Crippen LogP contribution in [0.15, 0.2) is 42.6 Å². The van der Waals surface area contributed by atoms with Crippen molar-refractivity contribution in [3.05, 3.63) is 58.9 Å². The number of amides is 1. The number of benzene rings is 1. The van der Waals surface area contributed by atoms with Gasteiger partial charge in [-0.3, -0.25) is 9.78 Å². The van der Waals surface area contributed by atoms with Gasteiger partial charge in [-0.15, -0.1) is 0 Å². The highest BCUT2D eigenvalue weighted by molar-refractivity contribution is 6.31. The largest absolute Gasteiger partial charge is 0.481 e. The molecular weight excluding hydrogens is 314 g/mol. The summed E-state index contributed by atoms with van der Waals surface area (Å²) in [7, 11) is 1.54. The third-order valence-corrected chi connectivity index (χ3v) is 3.65. The average Bonchev–Trinajstić information content (AvgIpc) is 2.55. The van der Waals surface area contributed by atoms with Gasteiger partial charge in [0.1, 0.15) is 0 Å². The second-order valence-electron chi connectivity index (χ2n) is 5.00. The van der Waals surface area contributed by atoms with E-state index in [9.17, 15) is 4.79 Å². The molecule has 0 atom stereocenters. The lowest BCUT2D eigenvalue weighted by atomic mass is 10.1. The van der Waals surface area contributed by atoms with E-state index in [1.807, 2.05) is 6.07 Å². The number of nitrogens with one attached hydrogen (secondary N) is 1. The lowest BCUT2D eigenvalue weighted by molar-refractivity contribution is 0.102. The molecule has 0 saturated carbocycles. The van der Waals surface area contributed by atoms with Gasteiger partial charge in [-0.05, 0) is 37.3 Å². The number of halogens is 1. The number of nitrogens with zero attached hydrogens (tertiary/aromatic N) is 2. The number of aromatic nitrogens is 2. The van der Waals surface area contributed by atoms with Crippen LogP contribution in [0.5, 0.6) is 5.88 Å². The van der Waals surface area contributed by atoms with Crippen LogP contribution < -0.4 is 10.1 Å². The van der Waals surface area contributed by atoms with Crippen molar-refractivity contribution in [2.45, 2.75) is 6.92 Å². The Bertz CT molecular complexity index is 879. The molecule has 0 fully saturated rings. The SMILES string of the molecule is COc1ccc(NC(=O)c2cc3cc(Cl)ccc3nc2C)cn1. The second kappa shape index (κ2) is 6.22. The molecule has 0 radical (unpaired) electrons. The average molecular weight is 328 g/mol. The Morgan fingerprint density at radius 1 is 1.22 bits per heavy atom. The zero-order valence-electron chi connectivity index (χ0n) is 12.6. The van der Waals surface area contributed by atoms with Crippen LogP contribution in [0.4, 0.5) is 5.69 Å². The lowest BCUT2D eigenvalue weighted by Crippen LogP contribution is -2.14. The van der Waals surface area contributed by atoms with Gasteiger partial charge >= 0.3 is 0 Å². The van der Waals surface area contributed by atoms with E-state index in [0.29, 0.717) is 27.8 Å². The molecule has 0 spiro atoms. The first-order valence-electron chi connectivity index (χ1n) is 6.95. The van der Waals surface area contributed by atoms with Gasteiger partial charge in [-0.2, -0.15) is 0 Å². The molecule has 3 rings (SSSR count). The topological polar surface area (TPSA) is 64.1 Å². The molecule has 0 aliphatic carbocycles. The van der Waals surface area contributed by atoms with Gasteiger partial charge in [0, 0.05) is 16.5 Å². The van der Waals surface area contributed by atoms with Crippen LogP contribution in [0.2, 0.25) is 5.02 Å². The van der Waals surface area contributed by atoms with E-state index >= 15 is 0 Å². The van der Waals surface area contributed by atoms with Crippen molar-refractivity contribution in [2.24, 2.45) is 0 Å². The Morgan fingerprint density at radius 3 is 2.74 bits per heavy atom. The molecule has 3 aromatic rings. The number of hydrogen-bond acceptors (Lipinski definition) is 4. The van der Waals surface area contributed by atoms with Gasteiger partial charge in [0.15, 0.2) is 0 Å². The molecule has 116 valence electrons. The van der Waals surface area contributed by atoms with Crippen LogP contribution in [-0.2, 0) is 0 Å². The molecule has 2 aromatic heterocycles. The van der Waals surface area contributed by atoms with Crippen molar-refractivity contribution in [3.8, 4) is 5.88 Å². The molecule has 0 bridgehead atoms. The summed E-state index contributed by atoms with van der Waals surface area (Å²) in [6.07, 6.45) is 1.54. The Hall–Kier alpha value is -2.66. The van der Waals surface area contributed by atoms with E-state index in [4.69, 9.17) is 16.3 Å². The van der Waals surface area contributed by atoms with Crippen LogP contribution >= 0.6 is 11.6 Å². The molecule has 1 N–H and O–H groups in total. The zero-order chi connectivity index (χ0) is 16.4. The number of hydrogen-bond donors (Lipinski definition) is 1. The van der Waals surface area contributed by atoms with Gasteiger partial charge in [-0.1, -0.05) is 11.6 Å². The number of carbonyl (C=O) groups is 1. The van der Waals surface area contributed by atoms with Gasteiger partial charge in [-0.25, -0.2) is 4.98 Å². The van der Waals surface area contributed by atoms with E-state index in [-0.39, 0.29) is 5.91 Å². The summed E-state index contributed by atoms with van der Waals surface area (Å²) in [4.78, 5) is 21.0. The van der Waals surface area contributed by atoms with E-state index in [1.165, 1.54) is 13.3 Å². The minimum Gasteiger partial charge on any atom is -0.481 e. The third-order valence-electron chi connectivity index (χ3n) is 3.42. The highest BCUT2D eigenvalue weighted by Gasteiger charge is 2.12. The number of carbonyl (C=O) groups excluding carboxylic acids is 1. The number of anilines is 1. The number of methoxy groups -OCH3 is 1. The molecule has 0 saturated heterocycles. The number of rotatable bonds is 3. The van der Waals surface area contributed by atoms with E-state index in [2.05, 4.69) is 15.3 Å². The summed E-state index contributed by atoms with van der Waals surface area (Å²) in [5.74, 6) is 0.241. The Labute approximate surface area is 138 Å². The summed E-state index contributed by atoms with van der Waals surface area (Å²) in [5.41, 5.74) is 2.53. The van der Waals surface area contributed by atoms with Gasteiger partial charge in [0.2, 0.25) is 5.88 Å². The van der Waals surface area contributed by atoms with Crippen molar-refractivity contribution < 1.29 is 9.53 Å². The maximum atomic E-state index is 12.5. The predicted octanol–water partition coefficient (Wildman–Crippen LogP) is 3.85. The highest BCUT2D eigenvalue weighted by atomic mass is 35.5. The van der Waals surface area contributed by atoms with Crippen molar-refractivity contribution in [3.63, 3.8) is 0 Å². The maximum absolute atomic E-state index is 12.5. The summed E-state index contributed by atoms with van der Waals surface area (Å²) >= 11 is 6.00. The summed E-state index contributed by atoms with van der Waals surface area (Å²) in [6, 6.07) is 10.6. The minimum absolute atomic E-state index is 0.246. The molecular formula is C17H14ClN3O2. The van der Waals surface area contributed by atoms with Crippen molar-refractivity contribution in [2.75, 3.05) is 12.4 Å². The summed E-state index contributed by atoms with van der Waals surface area (Å²) in [5, 5.41) is 4.23. The van der Waals surface area contributed by atoms with E-state index in [1.54, 1.807) is 37.3 Å². The second-order valence-corrected chi connectivity index (χ2v) is 5.44. The number of ether oxygens (including phenoxy) is 1. The van der Waals surface area contributed by atoms with Gasteiger partial charge < -0.3 is 10.1 Å². The Morgan fingerprint density at radius 2 is 2.04 bits per heavy atom. The zero-order valence-corrected chi connectivity index (χ0v) is 13.4. The fourth-order valence-corrected chi connectivity index (χ4v) is 2.43. The Balaban J connectivity index is 1.91. The molecule has 0 unspecified atom stereocenters. The van der Waals surface area contributed by atoms with Crippen molar-refractivity contribution in [1.29, 1.82) is 0 Å². The van der Waals surface area contributed by atoms with Crippen LogP contribution in [-0.4, -0.2) is 23.0 Å². The van der Waals surface area contributed by atoms with Crippen LogP contribution in [0.25, 0.3) is 10.9 Å². The molecule has 2 heterocycles. The molecule has 0 aliphatic rings. The predicted molar refractivity (Wildman–Crippen MR) is 90.2 cm³/mol. The number of fused-ring (bicyclic) bond motifs is 1. The fourth-order valence-electron chi connectivity index (χ4n) is 2.25. The maximum Gasteiger partial charge on any atom is 0.257 e. The molecule has 0 aliphatic heterocycles. The standard InChI is InChI=1S/C17H14ClN3O2/c1-10-14(8-11-7-12(18)3-5-15(11)20-10)17(22)21-13-4-6-16(23-2)19-9-13/h3-9H,1-2H3,(H,21,22). The van der Waals surface area contributed by atoms with Crippen LogP contribution in [0.1, 0.15) is 16.1 Å². The lowest BCUT2D eigenvalue weighted by Gasteiger charge is -2.09. The van der Waals surface area contributed by atoms with Crippen molar-refractivity contribution >= 4 is 34.1 Å². The van der Waals surface area contributed by atoms with E-state index < -0.39 is 0 Å². The first kappa shape index (κ1) is 15.2. The van der Waals surface area contributed by atoms with Crippen LogP contribution in [0, 0.1) is 6.92 Å². The van der Waals surface area contributed by atoms with Gasteiger partial charge in [0.05, 0.1) is 35.8 Å². The normalized spacial score (nSPS) is 10.6. The first-order chi connectivity index (χ1) is 11.1. The fraction of sp³-hybridized carbons (Fsp3) is 0.118. The third kappa shape index (κ3) is 3.24. The number of pyridine rings is 2. The molecule has 23 heavy (non-hydrogen) atoms. The first-order valence-corrected chi connectivity index (χ1v) is 7.33. The monoisotopic (exact) mass is 327 g/mol. The number of aryl methyl sites for hydroxylation is 1. The molecule has 6 heteroatoms. The van der Waals surface area contributed by atoms with Crippen molar-refractivity contribution in [1.82, 2.24) is 9.97 Å². The van der Waals surface area contributed by atoms with Gasteiger partial charge in [0.25, 0.3) is 5.91 Å². The minimum atomic E-state index is -0.246. The summed E-state index contributed by atoms with van der Waals surface area (Å²) in [6.45, 7) is 1.80. The molecule has 1 aromatic carbocycles. The smallest absolute Gasteiger partial charge is 0.257 e. The highest BCUT2D eigenvalue weighted by Crippen LogP contribution is 2.21. The van der Waals surface area contributed by atoms with E-state index in [0.717, 1.165) is 10.9 Å². The molecule has 1 amide bonds. The summed E-state index contributed by atoms with van der Waals surface area (Å²) < 4.78 is 4.99. The quantitative estimate of drug-likeness (QED) is 0.793. The van der Waals surface area contributed by atoms with Crippen LogP contribution in [0.3, 0.4) is 0 Å². The Kier molecular flexibility index (Phi) is 4.12. The molecule has 5 nitrogen and oxygen atoms in total.